The van der Waals surface area contributed by atoms with Gasteiger partial charge in [0.15, 0.2) is 0 Å². The highest BCUT2D eigenvalue weighted by molar-refractivity contribution is 5.96. The van der Waals surface area contributed by atoms with Crippen molar-refractivity contribution in [3.63, 3.8) is 0 Å². The molecule has 1 amide bonds. The summed E-state index contributed by atoms with van der Waals surface area (Å²) >= 11 is 0. The molecule has 5 heteroatoms. The molecule has 0 saturated heterocycles. The first-order chi connectivity index (χ1) is 12.2. The number of aromatic nitrogens is 1. The van der Waals surface area contributed by atoms with E-state index >= 15 is 0 Å². The minimum absolute atomic E-state index is 0.214. The lowest BCUT2D eigenvalue weighted by Crippen LogP contribution is -2.35. The van der Waals surface area contributed by atoms with E-state index in [0.29, 0.717) is 18.5 Å². The number of nitrogens with one attached hydrogen (secondary N) is 2. The third kappa shape index (κ3) is 3.13. The molecule has 2 heterocycles. The highest BCUT2D eigenvalue weighted by Crippen LogP contribution is 2.26. The van der Waals surface area contributed by atoms with E-state index in [-0.39, 0.29) is 23.1 Å². The van der Waals surface area contributed by atoms with Crippen LogP contribution in [-0.4, -0.2) is 24.0 Å². The molecule has 4 rings (SSSR count). The predicted molar refractivity (Wildman–Crippen MR) is 96.0 cm³/mol. The van der Waals surface area contributed by atoms with Gasteiger partial charge in [-0.25, -0.2) is 0 Å². The van der Waals surface area contributed by atoms with Gasteiger partial charge in [0, 0.05) is 17.8 Å². The van der Waals surface area contributed by atoms with E-state index in [2.05, 4.69) is 10.3 Å². The molecule has 0 saturated carbocycles. The average Bonchev–Trinajstić information content (AvgIpc) is 2.66. The van der Waals surface area contributed by atoms with Crippen LogP contribution in [0.3, 0.4) is 0 Å². The Kier molecular flexibility index (Phi) is 3.98. The molecule has 0 fully saturated rings. The summed E-state index contributed by atoms with van der Waals surface area (Å²) in [5, 5.41) is 4.24. The number of para-hydroxylation sites is 1. The predicted octanol–water partition coefficient (Wildman–Crippen LogP) is 2.51. The van der Waals surface area contributed by atoms with Crippen LogP contribution in [0.4, 0.5) is 0 Å². The lowest BCUT2D eigenvalue weighted by atomic mass is 9.97. The zero-order valence-electron chi connectivity index (χ0n) is 13.6. The second-order valence-corrected chi connectivity index (χ2v) is 6.30. The minimum atomic E-state index is -0.276. The van der Waals surface area contributed by atoms with Crippen LogP contribution in [0, 0.1) is 5.92 Å². The zero-order chi connectivity index (χ0) is 17.2. The Balaban J connectivity index is 1.45. The van der Waals surface area contributed by atoms with Crippen LogP contribution in [-0.2, 0) is 6.42 Å². The fraction of sp³-hybridized carbons (Fsp3) is 0.200. The average molecular weight is 334 g/mol. The maximum absolute atomic E-state index is 12.4. The Hall–Kier alpha value is -3.08. The lowest BCUT2D eigenvalue weighted by Gasteiger charge is -2.25. The number of rotatable bonds is 3. The largest absolute Gasteiger partial charge is 0.493 e. The Morgan fingerprint density at radius 2 is 1.96 bits per heavy atom. The second-order valence-electron chi connectivity index (χ2n) is 6.30. The molecule has 0 bridgehead atoms. The van der Waals surface area contributed by atoms with E-state index in [4.69, 9.17) is 4.74 Å². The molecule has 1 atom stereocenters. The van der Waals surface area contributed by atoms with Crippen LogP contribution < -0.4 is 15.6 Å². The molecule has 0 radical (unpaired) electrons. The van der Waals surface area contributed by atoms with E-state index in [1.165, 1.54) is 0 Å². The van der Waals surface area contributed by atoms with E-state index in [9.17, 15) is 9.59 Å². The fourth-order valence-electron chi connectivity index (χ4n) is 3.19. The lowest BCUT2D eigenvalue weighted by molar-refractivity contribution is 0.0934. The molecule has 5 nitrogen and oxygen atoms in total. The van der Waals surface area contributed by atoms with Crippen molar-refractivity contribution >= 4 is 16.7 Å². The summed E-state index contributed by atoms with van der Waals surface area (Å²) in [6.45, 7) is 1.08. The third-order valence-electron chi connectivity index (χ3n) is 4.51. The van der Waals surface area contributed by atoms with Gasteiger partial charge in [0.1, 0.15) is 11.4 Å². The van der Waals surface area contributed by atoms with E-state index in [0.717, 1.165) is 23.1 Å². The van der Waals surface area contributed by atoms with Crippen molar-refractivity contribution in [1.82, 2.24) is 10.3 Å². The molecule has 1 aliphatic rings. The number of H-pyrrole nitrogens is 1. The number of aromatic amines is 1. The van der Waals surface area contributed by atoms with Gasteiger partial charge < -0.3 is 15.0 Å². The number of hydrogen-bond donors (Lipinski definition) is 2. The summed E-state index contributed by atoms with van der Waals surface area (Å²) in [4.78, 5) is 27.2. The Bertz CT molecular complexity index is 993. The maximum atomic E-state index is 12.4. The first-order valence-corrected chi connectivity index (χ1v) is 8.31. The van der Waals surface area contributed by atoms with Gasteiger partial charge in [0.2, 0.25) is 0 Å². The summed E-state index contributed by atoms with van der Waals surface area (Å²) in [6, 6.07) is 16.9. The summed E-state index contributed by atoms with van der Waals surface area (Å²) in [7, 11) is 0. The molecular weight excluding hydrogens is 316 g/mol. The van der Waals surface area contributed by atoms with Crippen LogP contribution in [0.5, 0.6) is 5.75 Å². The number of fused-ring (bicyclic) bond motifs is 2. The summed E-state index contributed by atoms with van der Waals surface area (Å²) < 4.78 is 5.74. The van der Waals surface area contributed by atoms with Crippen molar-refractivity contribution in [3.05, 3.63) is 76.2 Å². The van der Waals surface area contributed by atoms with Gasteiger partial charge in [-0.2, -0.15) is 0 Å². The summed E-state index contributed by atoms with van der Waals surface area (Å²) in [6.07, 6.45) is 0.866. The van der Waals surface area contributed by atoms with Gasteiger partial charge in [0.05, 0.1) is 6.61 Å². The smallest absolute Gasteiger partial charge is 0.267 e. The van der Waals surface area contributed by atoms with Crippen molar-refractivity contribution in [1.29, 1.82) is 0 Å². The molecular formula is C20H18N2O3. The number of pyridine rings is 1. The van der Waals surface area contributed by atoms with Crippen molar-refractivity contribution < 1.29 is 9.53 Å². The van der Waals surface area contributed by atoms with Crippen molar-refractivity contribution in [2.45, 2.75) is 6.42 Å². The van der Waals surface area contributed by atoms with Crippen molar-refractivity contribution in [2.24, 2.45) is 5.92 Å². The van der Waals surface area contributed by atoms with Gasteiger partial charge >= 0.3 is 0 Å². The first kappa shape index (κ1) is 15.4. The second kappa shape index (κ2) is 6.43. The van der Waals surface area contributed by atoms with Gasteiger partial charge in [-0.05, 0) is 35.6 Å². The van der Waals surface area contributed by atoms with Crippen LogP contribution in [0.2, 0.25) is 0 Å². The number of benzene rings is 2. The molecule has 2 aromatic carbocycles. The fourth-order valence-corrected chi connectivity index (χ4v) is 3.19. The van der Waals surface area contributed by atoms with Gasteiger partial charge in [-0.3, -0.25) is 9.59 Å². The summed E-state index contributed by atoms with van der Waals surface area (Å²) in [5.41, 5.74) is 1.19. The third-order valence-corrected chi connectivity index (χ3v) is 4.51. The molecule has 25 heavy (non-hydrogen) atoms. The molecule has 0 aliphatic carbocycles. The zero-order valence-corrected chi connectivity index (χ0v) is 13.6. The van der Waals surface area contributed by atoms with Gasteiger partial charge in [-0.15, -0.1) is 0 Å². The van der Waals surface area contributed by atoms with E-state index < -0.39 is 0 Å². The standard InChI is InChI=1S/C20H18N2O3/c23-19-16-7-3-1-5-14(16)10-17(22-19)20(24)21-11-13-9-15-6-2-4-8-18(15)25-12-13/h1-8,10,13H,9,11-12H2,(H,21,24)(H,22,23). The van der Waals surface area contributed by atoms with Crippen molar-refractivity contribution in [3.8, 4) is 5.75 Å². The molecule has 126 valence electrons. The molecule has 0 spiro atoms. The number of carbonyl (C=O) groups is 1. The Morgan fingerprint density at radius 3 is 2.88 bits per heavy atom. The Labute approximate surface area is 144 Å². The SMILES string of the molecule is O=C(NCC1COc2ccccc2C1)c1cc2ccccc2c(=O)[nH]1. The highest BCUT2D eigenvalue weighted by Gasteiger charge is 2.20. The molecule has 2 N–H and O–H groups in total. The number of hydrogen-bond acceptors (Lipinski definition) is 3. The van der Waals surface area contributed by atoms with E-state index in [1.54, 1.807) is 18.2 Å². The normalized spacial score (nSPS) is 16.1. The van der Waals surface area contributed by atoms with Crippen LogP contribution in [0.1, 0.15) is 16.1 Å². The van der Waals surface area contributed by atoms with Crippen molar-refractivity contribution in [2.75, 3.05) is 13.2 Å². The highest BCUT2D eigenvalue weighted by atomic mass is 16.5. The summed E-state index contributed by atoms with van der Waals surface area (Å²) in [5.74, 6) is 0.858. The van der Waals surface area contributed by atoms with Crippen LogP contribution >= 0.6 is 0 Å². The molecule has 1 aromatic heterocycles. The van der Waals surface area contributed by atoms with Gasteiger partial charge in [0.25, 0.3) is 11.5 Å². The Morgan fingerprint density at radius 1 is 1.16 bits per heavy atom. The quantitative estimate of drug-likeness (QED) is 0.773. The van der Waals surface area contributed by atoms with Crippen LogP contribution in [0.25, 0.3) is 10.8 Å². The topological polar surface area (TPSA) is 71.2 Å². The molecule has 1 unspecified atom stereocenters. The number of amides is 1. The monoisotopic (exact) mass is 334 g/mol. The number of ether oxygens (including phenoxy) is 1. The molecule has 3 aromatic rings. The number of carbonyl (C=O) groups excluding carboxylic acids is 1. The van der Waals surface area contributed by atoms with Gasteiger partial charge in [-0.1, -0.05) is 36.4 Å². The minimum Gasteiger partial charge on any atom is -0.493 e. The van der Waals surface area contributed by atoms with Crippen LogP contribution in [0.15, 0.2) is 59.4 Å². The molecule has 1 aliphatic heterocycles. The van der Waals surface area contributed by atoms with E-state index in [1.807, 2.05) is 36.4 Å². The first-order valence-electron chi connectivity index (χ1n) is 8.31. The maximum Gasteiger partial charge on any atom is 0.267 e.